The maximum Gasteiger partial charge on any atom is 0.178 e. The van der Waals surface area contributed by atoms with Crippen LogP contribution in [0.25, 0.3) is 11.0 Å². The molecule has 0 aliphatic heterocycles. The Labute approximate surface area is 126 Å². The lowest BCUT2D eigenvalue weighted by Crippen LogP contribution is -1.99. The summed E-state index contributed by atoms with van der Waals surface area (Å²) in [5.41, 5.74) is 3.05. The summed E-state index contributed by atoms with van der Waals surface area (Å²) in [4.78, 5) is 3.16. The zero-order valence-electron chi connectivity index (χ0n) is 10.9. The van der Waals surface area contributed by atoms with Gasteiger partial charge in [-0.25, -0.2) is 0 Å². The number of aromatic amines is 1. The van der Waals surface area contributed by atoms with Crippen molar-refractivity contribution in [3.63, 3.8) is 0 Å². The van der Waals surface area contributed by atoms with Crippen LogP contribution < -0.4 is 4.74 Å². The van der Waals surface area contributed by atoms with Crippen molar-refractivity contribution in [2.45, 2.75) is 6.54 Å². The Morgan fingerprint density at radius 1 is 1.20 bits per heavy atom. The number of rotatable bonds is 3. The molecule has 0 aliphatic rings. The van der Waals surface area contributed by atoms with Gasteiger partial charge in [-0.2, -0.15) is 0 Å². The van der Waals surface area contributed by atoms with Crippen LogP contribution in [0.1, 0.15) is 5.56 Å². The summed E-state index contributed by atoms with van der Waals surface area (Å²) < 4.78 is 7.87. The van der Waals surface area contributed by atoms with Gasteiger partial charge in [0.05, 0.1) is 29.7 Å². The minimum absolute atomic E-state index is 0.670. The van der Waals surface area contributed by atoms with Crippen LogP contribution in [0.2, 0.25) is 5.02 Å². The van der Waals surface area contributed by atoms with E-state index in [2.05, 4.69) is 4.98 Å². The van der Waals surface area contributed by atoms with E-state index in [9.17, 15) is 0 Å². The lowest BCUT2D eigenvalue weighted by Gasteiger charge is -2.06. The van der Waals surface area contributed by atoms with Gasteiger partial charge >= 0.3 is 0 Å². The lowest BCUT2D eigenvalue weighted by atomic mass is 10.2. The predicted octanol–water partition coefficient (Wildman–Crippen LogP) is 4.41. The van der Waals surface area contributed by atoms with Gasteiger partial charge in [0, 0.05) is 0 Å². The molecule has 0 fully saturated rings. The molecular formula is C15H13ClN2OS. The van der Waals surface area contributed by atoms with Gasteiger partial charge in [-0.15, -0.1) is 0 Å². The second-order valence-electron chi connectivity index (χ2n) is 4.50. The fourth-order valence-corrected chi connectivity index (χ4v) is 2.70. The molecule has 0 bridgehead atoms. The van der Waals surface area contributed by atoms with Crippen LogP contribution in [0, 0.1) is 4.77 Å². The number of aromatic nitrogens is 2. The van der Waals surface area contributed by atoms with Gasteiger partial charge in [-0.3, -0.25) is 0 Å². The zero-order chi connectivity index (χ0) is 14.1. The van der Waals surface area contributed by atoms with E-state index >= 15 is 0 Å². The van der Waals surface area contributed by atoms with E-state index in [-0.39, 0.29) is 0 Å². The minimum atomic E-state index is 0.670. The molecule has 1 aromatic heterocycles. The monoisotopic (exact) mass is 304 g/mol. The number of halogens is 1. The standard InChI is InChI=1S/C15H13ClN2OS/c1-19-11-7-5-10(6-8-11)9-18-13-4-2-3-12(16)14(13)17-15(18)20/h2-8H,9H2,1H3,(H,17,20). The van der Waals surface area contributed by atoms with Crippen molar-refractivity contribution >= 4 is 34.9 Å². The largest absolute Gasteiger partial charge is 0.497 e. The summed E-state index contributed by atoms with van der Waals surface area (Å²) in [6.45, 7) is 0.698. The SMILES string of the molecule is COc1ccc(Cn2c(=S)[nH]c3c(Cl)cccc32)cc1. The Bertz CT molecular complexity index is 805. The number of nitrogens with one attached hydrogen (secondary N) is 1. The summed E-state index contributed by atoms with van der Waals surface area (Å²) in [6.07, 6.45) is 0. The molecule has 3 aromatic rings. The van der Waals surface area contributed by atoms with E-state index < -0.39 is 0 Å². The second kappa shape index (κ2) is 5.31. The fraction of sp³-hybridized carbons (Fsp3) is 0.133. The van der Waals surface area contributed by atoms with Gasteiger partial charge in [0.15, 0.2) is 4.77 Å². The topological polar surface area (TPSA) is 29.9 Å². The number of methoxy groups -OCH3 is 1. The van der Waals surface area contributed by atoms with E-state index in [1.54, 1.807) is 7.11 Å². The van der Waals surface area contributed by atoms with Crippen LogP contribution in [-0.4, -0.2) is 16.7 Å². The van der Waals surface area contributed by atoms with Gasteiger partial charge < -0.3 is 14.3 Å². The number of H-pyrrole nitrogens is 1. The summed E-state index contributed by atoms with van der Waals surface area (Å²) in [7, 11) is 1.66. The number of fused-ring (bicyclic) bond motifs is 1. The van der Waals surface area contributed by atoms with Gasteiger partial charge in [-0.1, -0.05) is 29.8 Å². The molecule has 0 saturated heterocycles. The van der Waals surface area contributed by atoms with Gasteiger partial charge in [0.2, 0.25) is 0 Å². The predicted molar refractivity (Wildman–Crippen MR) is 84.2 cm³/mol. The van der Waals surface area contributed by atoms with Crippen LogP contribution in [0.4, 0.5) is 0 Å². The summed E-state index contributed by atoms with van der Waals surface area (Å²) in [5, 5.41) is 0.682. The molecule has 3 nitrogen and oxygen atoms in total. The number of para-hydroxylation sites is 1. The summed E-state index contributed by atoms with van der Waals surface area (Å²) in [5.74, 6) is 0.847. The third kappa shape index (κ3) is 2.32. The molecule has 2 aromatic carbocycles. The molecule has 0 amide bonds. The molecule has 0 radical (unpaired) electrons. The Kier molecular flexibility index (Phi) is 3.51. The molecule has 0 atom stereocenters. The van der Waals surface area contributed by atoms with Crippen molar-refractivity contribution in [2.24, 2.45) is 0 Å². The van der Waals surface area contributed by atoms with E-state index in [4.69, 9.17) is 28.6 Å². The first-order valence-corrected chi connectivity index (χ1v) is 6.97. The smallest absolute Gasteiger partial charge is 0.178 e. The molecule has 0 saturated carbocycles. The first-order valence-electron chi connectivity index (χ1n) is 6.19. The zero-order valence-corrected chi connectivity index (χ0v) is 12.5. The molecule has 1 heterocycles. The number of hydrogen-bond acceptors (Lipinski definition) is 2. The first kappa shape index (κ1) is 13.2. The van der Waals surface area contributed by atoms with Gasteiger partial charge in [-0.05, 0) is 42.0 Å². The number of ether oxygens (including phenoxy) is 1. The van der Waals surface area contributed by atoms with E-state index in [1.165, 1.54) is 0 Å². The minimum Gasteiger partial charge on any atom is -0.497 e. The average molecular weight is 305 g/mol. The number of imidazole rings is 1. The third-order valence-electron chi connectivity index (χ3n) is 3.26. The Morgan fingerprint density at radius 3 is 2.65 bits per heavy atom. The van der Waals surface area contributed by atoms with Crippen LogP contribution >= 0.6 is 23.8 Å². The first-order chi connectivity index (χ1) is 9.69. The fourth-order valence-electron chi connectivity index (χ4n) is 2.22. The molecule has 20 heavy (non-hydrogen) atoms. The molecule has 1 N–H and O–H groups in total. The van der Waals surface area contributed by atoms with Crippen molar-refractivity contribution in [2.75, 3.05) is 7.11 Å². The summed E-state index contributed by atoms with van der Waals surface area (Å²) in [6, 6.07) is 13.7. The van der Waals surface area contributed by atoms with Crippen molar-refractivity contribution in [3.8, 4) is 5.75 Å². The molecule has 0 aliphatic carbocycles. The van der Waals surface area contributed by atoms with Crippen LogP contribution in [-0.2, 0) is 6.54 Å². The number of hydrogen-bond donors (Lipinski definition) is 1. The Hall–Kier alpha value is -1.78. The van der Waals surface area contributed by atoms with E-state index in [0.29, 0.717) is 16.3 Å². The van der Waals surface area contributed by atoms with E-state index in [1.807, 2.05) is 47.0 Å². The highest BCUT2D eigenvalue weighted by molar-refractivity contribution is 7.71. The molecular weight excluding hydrogens is 292 g/mol. The second-order valence-corrected chi connectivity index (χ2v) is 5.29. The summed E-state index contributed by atoms with van der Waals surface area (Å²) >= 11 is 11.6. The van der Waals surface area contributed by atoms with Crippen LogP contribution in [0.15, 0.2) is 42.5 Å². The van der Waals surface area contributed by atoms with Crippen molar-refractivity contribution in [3.05, 3.63) is 57.8 Å². The van der Waals surface area contributed by atoms with E-state index in [0.717, 1.165) is 22.3 Å². The Morgan fingerprint density at radius 2 is 1.95 bits per heavy atom. The number of benzene rings is 2. The van der Waals surface area contributed by atoms with Gasteiger partial charge in [0.25, 0.3) is 0 Å². The van der Waals surface area contributed by atoms with Crippen LogP contribution in [0.5, 0.6) is 5.75 Å². The number of nitrogens with zero attached hydrogens (tertiary/aromatic N) is 1. The molecule has 5 heteroatoms. The van der Waals surface area contributed by atoms with Crippen molar-refractivity contribution < 1.29 is 4.74 Å². The Balaban J connectivity index is 2.04. The van der Waals surface area contributed by atoms with Crippen LogP contribution in [0.3, 0.4) is 0 Å². The maximum absolute atomic E-state index is 6.18. The normalized spacial score (nSPS) is 10.9. The quantitative estimate of drug-likeness (QED) is 0.726. The lowest BCUT2D eigenvalue weighted by molar-refractivity contribution is 0.414. The highest BCUT2D eigenvalue weighted by Crippen LogP contribution is 2.23. The molecule has 0 spiro atoms. The average Bonchev–Trinajstić information content (AvgIpc) is 2.78. The molecule has 3 rings (SSSR count). The third-order valence-corrected chi connectivity index (χ3v) is 3.90. The van der Waals surface area contributed by atoms with Crippen molar-refractivity contribution in [1.29, 1.82) is 0 Å². The molecule has 0 unspecified atom stereocenters. The van der Waals surface area contributed by atoms with Crippen molar-refractivity contribution in [1.82, 2.24) is 9.55 Å². The highest BCUT2D eigenvalue weighted by atomic mass is 35.5. The maximum atomic E-state index is 6.18. The molecule has 102 valence electrons. The highest BCUT2D eigenvalue weighted by Gasteiger charge is 2.07. The van der Waals surface area contributed by atoms with Gasteiger partial charge in [0.1, 0.15) is 5.75 Å².